The van der Waals surface area contributed by atoms with Crippen molar-refractivity contribution in [3.8, 4) is 0 Å². The van der Waals surface area contributed by atoms with E-state index in [1.54, 1.807) is 0 Å². The lowest BCUT2D eigenvalue weighted by atomic mass is 10.1. The lowest BCUT2D eigenvalue weighted by Gasteiger charge is -2.14. The van der Waals surface area contributed by atoms with Gasteiger partial charge in [-0.15, -0.1) is 0 Å². The molecule has 0 fully saturated rings. The van der Waals surface area contributed by atoms with Gasteiger partial charge >= 0.3 is 0 Å². The third kappa shape index (κ3) is 19.9. The summed E-state index contributed by atoms with van der Waals surface area (Å²) in [7, 11) is 8.50. The molecule has 0 aliphatic rings. The van der Waals surface area contributed by atoms with Gasteiger partial charge in [0.15, 0.2) is 0 Å². The molecule has 142 valence electrons. The molecule has 0 heterocycles. The Morgan fingerprint density at radius 1 is 0.654 bits per heavy atom. The van der Waals surface area contributed by atoms with Crippen LogP contribution >= 0.6 is 0 Å². The van der Waals surface area contributed by atoms with Crippen LogP contribution in [0.4, 0.5) is 0 Å². The van der Waals surface area contributed by atoms with Crippen molar-refractivity contribution in [1.82, 2.24) is 0 Å². The fraction of sp³-hybridized carbons (Fsp3) is 0.182. The first-order chi connectivity index (χ1) is 12.2. The first-order valence-corrected chi connectivity index (χ1v) is 8.54. The third-order valence-electron chi connectivity index (χ3n) is 2.44. The van der Waals surface area contributed by atoms with Gasteiger partial charge in [-0.05, 0) is 16.7 Å². The van der Waals surface area contributed by atoms with Gasteiger partial charge < -0.3 is 13.8 Å². The lowest BCUT2D eigenvalue weighted by Crippen LogP contribution is -2.27. The number of halogens is 1. The van der Waals surface area contributed by atoms with Crippen molar-refractivity contribution in [3.05, 3.63) is 91.0 Å². The van der Waals surface area contributed by atoms with Crippen LogP contribution in [0, 0.1) is 11.3 Å². The predicted molar refractivity (Wildman–Crippen MR) is 107 cm³/mol. The second-order valence-electron chi connectivity index (χ2n) is 6.44. The maximum atomic E-state index is 8.24. The highest BCUT2D eigenvalue weighted by molar-refractivity contribution is 5.53. The predicted octanol–water partition coefficient (Wildman–Crippen LogP) is 3.25. The number of nitrogens with zero attached hydrogens (tertiary/aromatic N) is 1. The van der Waals surface area contributed by atoms with Gasteiger partial charge in [0.1, 0.15) is 0 Å². The Labute approximate surface area is 162 Å². The Kier molecular flexibility index (Phi) is 16.3. The minimum Gasteiger partial charge on any atom is -0.544 e. The van der Waals surface area contributed by atoms with Crippen LogP contribution in [0.15, 0.2) is 74.3 Å². The monoisotopic (exact) mass is 375 g/mol. The van der Waals surface area contributed by atoms with E-state index in [4.69, 9.17) is 9.32 Å². The molecule has 0 unspecified atom stereocenters. The molecule has 0 bridgehead atoms. The summed E-state index contributed by atoms with van der Waals surface area (Å²) in [6, 6.07) is 18.1. The molecule has 0 radical (unpaired) electrons. The molecule has 2 rings (SSSR count). The molecule has 2 aromatic carbocycles. The zero-order valence-electron chi connectivity index (χ0n) is 16.2. The van der Waals surface area contributed by atoms with Crippen LogP contribution in [0.3, 0.4) is 0 Å². The maximum Gasteiger partial charge on any atom is 0.0878 e. The summed E-state index contributed by atoms with van der Waals surface area (Å²) in [6.07, 6.45) is 5.49. The highest BCUT2D eigenvalue weighted by Gasteiger charge is 1.88. The summed E-state index contributed by atoms with van der Waals surface area (Å²) in [4.78, 5) is 0. The van der Waals surface area contributed by atoms with E-state index < -0.39 is 11.3 Å². The normalized spacial score (nSPS) is 9.00. The van der Waals surface area contributed by atoms with Gasteiger partial charge in [-0.3, -0.25) is 0 Å². The molecule has 3 nitrogen and oxygen atoms in total. The SMILES string of the molecule is C=Cc1ccc(C=C)cc1.C=Cc1ccccc1.C[N+](C)(C)C.[O-][Cl+][O-]. The molecule has 0 saturated carbocycles. The first kappa shape index (κ1) is 26.1. The Bertz CT molecular complexity index is 569. The average Bonchev–Trinajstić information content (AvgIpc) is 2.62. The molecule has 26 heavy (non-hydrogen) atoms. The minimum absolute atomic E-state index is 0.417. The Balaban J connectivity index is 0. The summed E-state index contributed by atoms with van der Waals surface area (Å²) >= 11 is -0.417. The van der Waals surface area contributed by atoms with Gasteiger partial charge in [-0.25, -0.2) is 0 Å². The van der Waals surface area contributed by atoms with E-state index in [1.807, 2.05) is 72.8 Å². The summed E-state index contributed by atoms with van der Waals surface area (Å²) in [6.45, 7) is 11.0. The molecule has 0 aliphatic heterocycles. The second-order valence-corrected chi connectivity index (χ2v) is 6.56. The van der Waals surface area contributed by atoms with Crippen molar-refractivity contribution in [2.24, 2.45) is 0 Å². The molecule has 0 atom stereocenters. The van der Waals surface area contributed by atoms with Crippen molar-refractivity contribution in [3.63, 3.8) is 0 Å². The Morgan fingerprint density at radius 2 is 0.885 bits per heavy atom. The van der Waals surface area contributed by atoms with Crippen LogP contribution in [0.25, 0.3) is 18.2 Å². The zero-order chi connectivity index (χ0) is 20.4. The fourth-order valence-corrected chi connectivity index (χ4v) is 1.36. The first-order valence-electron chi connectivity index (χ1n) is 7.92. The van der Waals surface area contributed by atoms with Crippen LogP contribution in [-0.4, -0.2) is 32.7 Å². The van der Waals surface area contributed by atoms with Crippen molar-refractivity contribution in [2.75, 3.05) is 28.2 Å². The van der Waals surface area contributed by atoms with Gasteiger partial charge in [0.05, 0.1) is 39.5 Å². The smallest absolute Gasteiger partial charge is 0.0878 e. The van der Waals surface area contributed by atoms with Gasteiger partial charge in [0.25, 0.3) is 0 Å². The molecular weight excluding hydrogens is 346 g/mol. The van der Waals surface area contributed by atoms with Crippen LogP contribution in [0.5, 0.6) is 0 Å². The molecule has 2 aromatic rings. The number of quaternary nitrogens is 1. The van der Waals surface area contributed by atoms with Crippen LogP contribution < -0.4 is 9.32 Å². The average molecular weight is 376 g/mol. The third-order valence-corrected chi connectivity index (χ3v) is 2.44. The molecule has 0 amide bonds. The minimum atomic E-state index is -0.417. The number of hydrogen-bond donors (Lipinski definition) is 0. The van der Waals surface area contributed by atoms with Crippen molar-refractivity contribution >= 4 is 18.2 Å². The van der Waals surface area contributed by atoms with Crippen molar-refractivity contribution in [2.45, 2.75) is 0 Å². The largest absolute Gasteiger partial charge is 0.544 e. The van der Waals surface area contributed by atoms with E-state index in [-0.39, 0.29) is 0 Å². The maximum absolute atomic E-state index is 8.24. The van der Waals surface area contributed by atoms with Gasteiger partial charge in [-0.2, -0.15) is 0 Å². The van der Waals surface area contributed by atoms with Gasteiger partial charge in [0.2, 0.25) is 0 Å². The molecule has 4 heteroatoms. The van der Waals surface area contributed by atoms with Gasteiger partial charge in [0, 0.05) is 0 Å². The van der Waals surface area contributed by atoms with E-state index in [0.717, 1.165) is 15.6 Å². The highest BCUT2D eigenvalue weighted by Crippen LogP contribution is 2.05. The fourth-order valence-electron chi connectivity index (χ4n) is 1.36. The van der Waals surface area contributed by atoms with E-state index in [1.165, 1.54) is 5.56 Å². The Morgan fingerprint density at radius 3 is 1.08 bits per heavy atom. The summed E-state index contributed by atoms with van der Waals surface area (Å²) < 4.78 is 17.5. The molecule has 0 aromatic heterocycles. The van der Waals surface area contributed by atoms with Crippen molar-refractivity contribution < 1.29 is 25.1 Å². The standard InChI is InChI=1S/C10H10.C8H8.C4H12N.ClO2/c1-3-9-5-7-10(4-2)8-6-9;1-2-8-6-4-3-5-7-8;1-5(2,3)4;2-1-3/h3-8H,1-2H2;2-7H,1H2;1-4H3;/q;;+1;-1. The van der Waals surface area contributed by atoms with Crippen LogP contribution in [0.1, 0.15) is 16.7 Å². The van der Waals surface area contributed by atoms with E-state index in [0.29, 0.717) is 0 Å². The molecule has 0 spiro atoms. The molecular formula is C22H30ClNO2. The highest BCUT2D eigenvalue weighted by atomic mass is 35.6. The summed E-state index contributed by atoms with van der Waals surface area (Å²) in [5.74, 6) is 0. The van der Waals surface area contributed by atoms with Crippen LogP contribution in [-0.2, 0) is 0 Å². The van der Waals surface area contributed by atoms with Crippen molar-refractivity contribution in [1.29, 1.82) is 0 Å². The van der Waals surface area contributed by atoms with Crippen LogP contribution in [0.2, 0.25) is 0 Å². The molecule has 0 aliphatic carbocycles. The van der Waals surface area contributed by atoms with Gasteiger partial charge in [-0.1, -0.05) is 92.6 Å². The van der Waals surface area contributed by atoms with E-state index in [9.17, 15) is 0 Å². The molecule has 0 saturated heterocycles. The molecule has 0 N–H and O–H groups in total. The van der Waals surface area contributed by atoms with E-state index >= 15 is 0 Å². The lowest BCUT2D eigenvalue weighted by molar-refractivity contribution is -1.41. The summed E-state index contributed by atoms with van der Waals surface area (Å²) in [5, 5.41) is 0. The van der Waals surface area contributed by atoms with E-state index in [2.05, 4.69) is 47.9 Å². The number of rotatable bonds is 3. The number of hydrogen-bond acceptors (Lipinski definition) is 2. The summed E-state index contributed by atoms with van der Waals surface area (Å²) in [5.41, 5.74) is 3.46. The quantitative estimate of drug-likeness (QED) is 0.773. The zero-order valence-corrected chi connectivity index (χ0v) is 16.9. The second kappa shape index (κ2) is 16.3. The topological polar surface area (TPSA) is 46.1 Å². The number of benzene rings is 2. The Hall–Kier alpha value is -2.17.